The summed E-state index contributed by atoms with van der Waals surface area (Å²) in [7, 11) is 0. The summed E-state index contributed by atoms with van der Waals surface area (Å²) in [4.78, 5) is 10.4. The second-order valence-electron chi connectivity index (χ2n) is 2.92. The van der Waals surface area contributed by atoms with E-state index in [1.165, 1.54) is 0 Å². The number of piperidine rings is 1. The van der Waals surface area contributed by atoms with E-state index in [1.807, 2.05) is 0 Å². The third kappa shape index (κ3) is 1.93. The summed E-state index contributed by atoms with van der Waals surface area (Å²) < 4.78 is 25.8. The molecule has 70 valence electrons. The third-order valence-corrected chi connectivity index (χ3v) is 2.37. The highest BCUT2D eigenvalue weighted by atomic mass is 35.5. The van der Waals surface area contributed by atoms with E-state index in [0.717, 1.165) is 0 Å². The minimum atomic E-state index is -3.34. The number of rotatable bonds is 2. The zero-order chi connectivity index (χ0) is 9.19. The number of nitrogens with one attached hydrogen (secondary N) is 1. The molecule has 1 rings (SSSR count). The zero-order valence-electron chi connectivity index (χ0n) is 6.45. The van der Waals surface area contributed by atoms with Crippen molar-refractivity contribution >= 4 is 16.8 Å². The Bertz CT molecular complexity index is 180. The smallest absolute Gasteiger partial charge is 0.317 e. The molecule has 1 aliphatic rings. The van der Waals surface area contributed by atoms with E-state index < -0.39 is 17.1 Å². The molecule has 0 aromatic carbocycles. The molecule has 0 saturated carbocycles. The first-order valence-corrected chi connectivity index (χ1v) is 4.21. The number of hydrogen-bond donors (Lipinski definition) is 1. The van der Waals surface area contributed by atoms with Gasteiger partial charge >= 0.3 is 5.92 Å². The van der Waals surface area contributed by atoms with E-state index in [-0.39, 0.29) is 0 Å². The molecule has 0 radical (unpaired) electrons. The largest absolute Gasteiger partial charge is 0.322 e. The summed E-state index contributed by atoms with van der Waals surface area (Å²) in [6.07, 6.45) is 0.622. The molecule has 0 aliphatic carbocycles. The van der Waals surface area contributed by atoms with Crippen molar-refractivity contribution in [2.24, 2.45) is 5.92 Å². The molecule has 1 N–H and O–H groups in total. The Labute approximate surface area is 74.3 Å². The van der Waals surface area contributed by atoms with Gasteiger partial charge in [-0.15, -0.1) is 0 Å². The van der Waals surface area contributed by atoms with Crippen molar-refractivity contribution in [2.75, 3.05) is 13.1 Å². The molecule has 2 nitrogen and oxygen atoms in total. The van der Waals surface area contributed by atoms with Crippen molar-refractivity contribution in [3.05, 3.63) is 0 Å². The van der Waals surface area contributed by atoms with Crippen LogP contribution in [0.2, 0.25) is 0 Å². The van der Waals surface area contributed by atoms with E-state index in [2.05, 4.69) is 5.32 Å². The molecule has 0 amide bonds. The maximum atomic E-state index is 12.9. The van der Waals surface area contributed by atoms with Gasteiger partial charge in [-0.2, -0.15) is 8.78 Å². The van der Waals surface area contributed by atoms with Crippen LogP contribution in [0.5, 0.6) is 0 Å². The summed E-state index contributed by atoms with van der Waals surface area (Å²) in [6.45, 7) is 1.06. The monoisotopic (exact) mass is 197 g/mol. The van der Waals surface area contributed by atoms with E-state index >= 15 is 0 Å². The van der Waals surface area contributed by atoms with Crippen LogP contribution < -0.4 is 5.32 Å². The van der Waals surface area contributed by atoms with Crippen LogP contribution in [-0.4, -0.2) is 24.3 Å². The van der Waals surface area contributed by atoms with Crippen molar-refractivity contribution in [1.82, 2.24) is 5.32 Å². The Morgan fingerprint density at radius 1 is 1.42 bits per heavy atom. The van der Waals surface area contributed by atoms with Gasteiger partial charge in [0.15, 0.2) is 0 Å². The lowest BCUT2D eigenvalue weighted by molar-refractivity contribution is -0.143. The van der Waals surface area contributed by atoms with Crippen molar-refractivity contribution in [3.63, 3.8) is 0 Å². The molecule has 0 aromatic rings. The Kier molecular flexibility index (Phi) is 3.01. The molecule has 0 aromatic heterocycles. The first kappa shape index (κ1) is 9.86. The van der Waals surface area contributed by atoms with Crippen molar-refractivity contribution in [2.45, 2.75) is 18.8 Å². The van der Waals surface area contributed by atoms with E-state index in [0.29, 0.717) is 25.9 Å². The van der Waals surface area contributed by atoms with Gasteiger partial charge in [-0.3, -0.25) is 4.79 Å². The lowest BCUT2D eigenvalue weighted by Crippen LogP contribution is -2.41. The molecule has 1 aliphatic heterocycles. The van der Waals surface area contributed by atoms with Gasteiger partial charge in [0.25, 0.3) is 5.24 Å². The molecular weight excluding hydrogens is 188 g/mol. The van der Waals surface area contributed by atoms with Crippen LogP contribution in [0.3, 0.4) is 0 Å². The number of carbonyl (C=O) groups excluding carboxylic acids is 1. The molecule has 12 heavy (non-hydrogen) atoms. The molecule has 5 heteroatoms. The number of halogens is 3. The first-order chi connectivity index (χ1) is 5.55. The van der Waals surface area contributed by atoms with Crippen LogP contribution in [0.1, 0.15) is 12.8 Å². The van der Waals surface area contributed by atoms with Gasteiger partial charge in [-0.25, -0.2) is 0 Å². The summed E-state index contributed by atoms with van der Waals surface area (Å²) in [5.41, 5.74) is 0. The van der Waals surface area contributed by atoms with Crippen LogP contribution in [0, 0.1) is 5.92 Å². The van der Waals surface area contributed by atoms with Crippen LogP contribution in [-0.2, 0) is 4.79 Å². The Morgan fingerprint density at radius 2 is 1.92 bits per heavy atom. The van der Waals surface area contributed by atoms with Crippen molar-refractivity contribution < 1.29 is 13.6 Å². The fourth-order valence-corrected chi connectivity index (χ4v) is 1.50. The highest BCUT2D eigenvalue weighted by molar-refractivity contribution is 6.65. The van der Waals surface area contributed by atoms with Gasteiger partial charge in [0.05, 0.1) is 0 Å². The maximum Gasteiger partial charge on any atom is 0.322 e. The number of hydrogen-bond acceptors (Lipinski definition) is 2. The van der Waals surface area contributed by atoms with Crippen LogP contribution in [0.25, 0.3) is 0 Å². The minimum absolute atomic E-state index is 0.311. The average molecular weight is 198 g/mol. The predicted molar refractivity (Wildman–Crippen MR) is 41.4 cm³/mol. The standard InChI is InChI=1S/C7H10ClF2NO/c8-6(12)7(9,10)5-1-3-11-4-2-5/h5,11H,1-4H2. The van der Waals surface area contributed by atoms with Crippen LogP contribution in [0.15, 0.2) is 0 Å². The SMILES string of the molecule is O=C(Cl)C(F)(F)C1CCNCC1. The molecule has 1 fully saturated rings. The summed E-state index contributed by atoms with van der Waals surface area (Å²) in [6, 6.07) is 0. The second kappa shape index (κ2) is 3.66. The Balaban J connectivity index is 2.59. The summed E-state index contributed by atoms with van der Waals surface area (Å²) >= 11 is 4.79. The van der Waals surface area contributed by atoms with Gasteiger partial charge in [0, 0.05) is 5.92 Å². The van der Waals surface area contributed by atoms with Gasteiger partial charge in [0.1, 0.15) is 0 Å². The predicted octanol–water partition coefficient (Wildman–Crippen LogP) is 1.39. The van der Waals surface area contributed by atoms with E-state index in [4.69, 9.17) is 11.6 Å². The Morgan fingerprint density at radius 3 is 2.33 bits per heavy atom. The quantitative estimate of drug-likeness (QED) is 0.678. The lowest BCUT2D eigenvalue weighted by Gasteiger charge is -2.27. The third-order valence-electron chi connectivity index (χ3n) is 2.11. The highest BCUT2D eigenvalue weighted by Crippen LogP contribution is 2.33. The van der Waals surface area contributed by atoms with Gasteiger partial charge in [-0.05, 0) is 37.5 Å². The van der Waals surface area contributed by atoms with Gasteiger partial charge in [-0.1, -0.05) is 0 Å². The number of alkyl halides is 2. The molecule has 0 unspecified atom stereocenters. The molecule has 0 bridgehead atoms. The lowest BCUT2D eigenvalue weighted by atomic mass is 9.92. The highest BCUT2D eigenvalue weighted by Gasteiger charge is 2.45. The molecule has 1 saturated heterocycles. The minimum Gasteiger partial charge on any atom is -0.317 e. The normalized spacial score (nSPS) is 20.9. The second-order valence-corrected chi connectivity index (χ2v) is 3.26. The molecule has 0 spiro atoms. The topological polar surface area (TPSA) is 29.1 Å². The first-order valence-electron chi connectivity index (χ1n) is 3.83. The van der Waals surface area contributed by atoms with E-state index in [1.54, 1.807) is 0 Å². The molecular formula is C7H10ClF2NO. The van der Waals surface area contributed by atoms with Crippen LogP contribution >= 0.6 is 11.6 Å². The van der Waals surface area contributed by atoms with Gasteiger partial charge in [0.2, 0.25) is 0 Å². The maximum absolute atomic E-state index is 12.9. The fraction of sp³-hybridized carbons (Fsp3) is 0.857. The molecule has 1 heterocycles. The van der Waals surface area contributed by atoms with Gasteiger partial charge < -0.3 is 5.32 Å². The average Bonchev–Trinajstić information content (AvgIpc) is 2.06. The van der Waals surface area contributed by atoms with E-state index in [9.17, 15) is 13.6 Å². The zero-order valence-corrected chi connectivity index (χ0v) is 7.20. The number of carbonyl (C=O) groups is 1. The van der Waals surface area contributed by atoms with Crippen molar-refractivity contribution in [3.8, 4) is 0 Å². The Hall–Kier alpha value is -0.220. The summed E-state index contributed by atoms with van der Waals surface area (Å²) in [5, 5.41) is 1.41. The van der Waals surface area contributed by atoms with Crippen molar-refractivity contribution in [1.29, 1.82) is 0 Å². The van der Waals surface area contributed by atoms with Crippen LogP contribution in [0.4, 0.5) is 8.78 Å². The summed E-state index contributed by atoms with van der Waals surface area (Å²) in [5.74, 6) is -4.23. The fourth-order valence-electron chi connectivity index (χ4n) is 1.34. The molecule has 0 atom stereocenters.